The first-order chi connectivity index (χ1) is 9.30. The molecule has 1 unspecified atom stereocenters. The molecule has 0 saturated carbocycles. The molecule has 0 spiro atoms. The summed E-state index contributed by atoms with van der Waals surface area (Å²) in [5, 5.41) is 0. The Morgan fingerprint density at radius 1 is 1.35 bits per heavy atom. The van der Waals surface area contributed by atoms with Crippen LogP contribution in [-0.4, -0.2) is 28.1 Å². The Bertz CT molecular complexity index is 541. The van der Waals surface area contributed by atoms with E-state index in [2.05, 4.69) is 4.72 Å². The summed E-state index contributed by atoms with van der Waals surface area (Å²) in [6, 6.07) is 4.80. The van der Waals surface area contributed by atoms with Crippen LogP contribution in [0.1, 0.15) is 25.8 Å². The topological polar surface area (TPSA) is 81.4 Å². The van der Waals surface area contributed by atoms with Gasteiger partial charge in [0.1, 0.15) is 10.6 Å². The molecule has 0 saturated heterocycles. The second kappa shape index (κ2) is 7.06. The van der Waals surface area contributed by atoms with Crippen LogP contribution >= 0.6 is 0 Å². The summed E-state index contributed by atoms with van der Waals surface area (Å²) in [7, 11) is -2.18. The summed E-state index contributed by atoms with van der Waals surface area (Å²) in [6.07, 6.45) is 0.698. The van der Waals surface area contributed by atoms with Crippen molar-refractivity contribution in [1.29, 1.82) is 0 Å². The van der Waals surface area contributed by atoms with Gasteiger partial charge in [0.2, 0.25) is 10.0 Å². The van der Waals surface area contributed by atoms with Crippen LogP contribution in [0.4, 0.5) is 0 Å². The Labute approximate surface area is 121 Å². The Hall–Kier alpha value is -1.11. The quantitative estimate of drug-likeness (QED) is 0.802. The fourth-order valence-corrected chi connectivity index (χ4v) is 3.55. The van der Waals surface area contributed by atoms with Crippen LogP contribution in [0.2, 0.25) is 0 Å². The summed E-state index contributed by atoms with van der Waals surface area (Å²) in [5.41, 5.74) is 6.51. The highest BCUT2D eigenvalue weighted by atomic mass is 32.2. The summed E-state index contributed by atoms with van der Waals surface area (Å²) < 4.78 is 32.7. The molecule has 0 aliphatic carbocycles. The molecule has 1 aromatic carbocycles. The molecule has 0 heterocycles. The minimum absolute atomic E-state index is 0.155. The molecule has 0 amide bonds. The van der Waals surface area contributed by atoms with Gasteiger partial charge in [-0.05, 0) is 37.0 Å². The van der Waals surface area contributed by atoms with Crippen LogP contribution < -0.4 is 15.2 Å². The molecule has 3 N–H and O–H groups in total. The first-order valence-electron chi connectivity index (χ1n) is 6.67. The van der Waals surface area contributed by atoms with E-state index in [1.54, 1.807) is 12.1 Å². The maximum atomic E-state index is 12.5. The minimum atomic E-state index is -3.64. The van der Waals surface area contributed by atoms with Crippen molar-refractivity contribution in [1.82, 2.24) is 4.72 Å². The van der Waals surface area contributed by atoms with E-state index in [0.29, 0.717) is 18.1 Å². The van der Waals surface area contributed by atoms with Crippen molar-refractivity contribution < 1.29 is 13.2 Å². The normalized spacial score (nSPS) is 13.5. The van der Waals surface area contributed by atoms with E-state index in [1.807, 2.05) is 26.8 Å². The Kier molecular flexibility index (Phi) is 5.98. The highest BCUT2D eigenvalue weighted by Gasteiger charge is 2.23. The van der Waals surface area contributed by atoms with Gasteiger partial charge in [-0.1, -0.05) is 19.9 Å². The predicted molar refractivity (Wildman–Crippen MR) is 80.3 cm³/mol. The highest BCUT2D eigenvalue weighted by Crippen LogP contribution is 2.25. The lowest BCUT2D eigenvalue weighted by atomic mass is 10.1. The number of nitrogens with two attached hydrogens (primary N) is 1. The van der Waals surface area contributed by atoms with Gasteiger partial charge in [0.05, 0.1) is 7.11 Å². The predicted octanol–water partition coefficient (Wildman–Crippen LogP) is 1.66. The number of hydrogen-bond donors (Lipinski definition) is 2. The molecular weight excluding hydrogens is 276 g/mol. The number of benzene rings is 1. The molecule has 1 rings (SSSR count). The molecule has 114 valence electrons. The molecule has 5 nitrogen and oxygen atoms in total. The van der Waals surface area contributed by atoms with Crippen molar-refractivity contribution in [2.24, 2.45) is 11.7 Å². The zero-order valence-corrected chi connectivity index (χ0v) is 13.3. The van der Waals surface area contributed by atoms with Gasteiger partial charge in [0.15, 0.2) is 0 Å². The summed E-state index contributed by atoms with van der Waals surface area (Å²) in [4.78, 5) is 0.155. The molecule has 1 aromatic rings. The molecule has 6 heteroatoms. The third-order valence-electron chi connectivity index (χ3n) is 2.97. The van der Waals surface area contributed by atoms with E-state index in [0.717, 1.165) is 5.56 Å². The second-order valence-corrected chi connectivity index (χ2v) is 7.02. The minimum Gasteiger partial charge on any atom is -0.495 e. The van der Waals surface area contributed by atoms with Gasteiger partial charge in [-0.15, -0.1) is 0 Å². The number of sulfonamides is 1. The van der Waals surface area contributed by atoms with E-state index < -0.39 is 10.0 Å². The van der Waals surface area contributed by atoms with E-state index >= 15 is 0 Å². The number of aryl methyl sites for hydroxylation is 1. The summed E-state index contributed by atoms with van der Waals surface area (Å²) in [5.74, 6) is 0.703. The second-order valence-electron chi connectivity index (χ2n) is 5.34. The standard InChI is InChI=1S/C14H24N2O3S/c1-10(2)7-12(9-15)16-20(17,18)14-8-11(3)5-6-13(14)19-4/h5-6,8,10,12,16H,7,9,15H2,1-4H3. The van der Waals surface area contributed by atoms with Gasteiger partial charge >= 0.3 is 0 Å². The first-order valence-corrected chi connectivity index (χ1v) is 8.15. The SMILES string of the molecule is COc1ccc(C)cc1S(=O)(=O)NC(CN)CC(C)C. The molecule has 0 radical (unpaired) electrons. The van der Waals surface area contributed by atoms with Crippen molar-refractivity contribution >= 4 is 10.0 Å². The Morgan fingerprint density at radius 3 is 2.50 bits per heavy atom. The molecule has 1 atom stereocenters. The molecule has 0 fully saturated rings. The van der Waals surface area contributed by atoms with Crippen molar-refractivity contribution in [2.75, 3.05) is 13.7 Å². The van der Waals surface area contributed by atoms with Crippen LogP contribution in [0.5, 0.6) is 5.75 Å². The number of methoxy groups -OCH3 is 1. The lowest BCUT2D eigenvalue weighted by molar-refractivity contribution is 0.401. The molecule has 0 bridgehead atoms. The smallest absolute Gasteiger partial charge is 0.244 e. The van der Waals surface area contributed by atoms with Crippen LogP contribution in [0, 0.1) is 12.8 Å². The monoisotopic (exact) mass is 300 g/mol. The molecule has 0 aromatic heterocycles. The fraction of sp³-hybridized carbons (Fsp3) is 0.571. The Morgan fingerprint density at radius 2 is 2.00 bits per heavy atom. The van der Waals surface area contributed by atoms with Gasteiger partial charge < -0.3 is 10.5 Å². The number of nitrogens with one attached hydrogen (secondary N) is 1. The van der Waals surface area contributed by atoms with Gasteiger partial charge in [0.25, 0.3) is 0 Å². The average molecular weight is 300 g/mol. The number of rotatable bonds is 7. The van der Waals surface area contributed by atoms with Gasteiger partial charge in [-0.3, -0.25) is 0 Å². The maximum Gasteiger partial charge on any atom is 0.244 e. The fourth-order valence-electron chi connectivity index (χ4n) is 2.04. The average Bonchev–Trinajstić information content (AvgIpc) is 2.37. The van der Waals surface area contributed by atoms with Crippen LogP contribution in [-0.2, 0) is 10.0 Å². The van der Waals surface area contributed by atoms with Crippen molar-refractivity contribution in [3.05, 3.63) is 23.8 Å². The van der Waals surface area contributed by atoms with E-state index in [1.165, 1.54) is 7.11 Å². The van der Waals surface area contributed by atoms with Crippen LogP contribution in [0.25, 0.3) is 0 Å². The summed E-state index contributed by atoms with van der Waals surface area (Å²) in [6.45, 7) is 6.17. The lowest BCUT2D eigenvalue weighted by Crippen LogP contribution is -2.41. The maximum absolute atomic E-state index is 12.5. The number of ether oxygens (including phenoxy) is 1. The van der Waals surface area contributed by atoms with Crippen LogP contribution in [0.15, 0.2) is 23.1 Å². The van der Waals surface area contributed by atoms with Crippen molar-refractivity contribution in [3.8, 4) is 5.75 Å². The molecule has 20 heavy (non-hydrogen) atoms. The van der Waals surface area contributed by atoms with Gasteiger partial charge in [0, 0.05) is 12.6 Å². The van der Waals surface area contributed by atoms with Crippen molar-refractivity contribution in [2.45, 2.75) is 38.1 Å². The Balaban J connectivity index is 3.07. The number of hydrogen-bond acceptors (Lipinski definition) is 4. The molecular formula is C14H24N2O3S. The zero-order chi connectivity index (χ0) is 15.3. The molecule has 0 aliphatic rings. The lowest BCUT2D eigenvalue weighted by Gasteiger charge is -2.20. The van der Waals surface area contributed by atoms with E-state index in [4.69, 9.17) is 10.5 Å². The first kappa shape index (κ1) is 16.9. The van der Waals surface area contributed by atoms with Gasteiger partial charge in [-0.25, -0.2) is 13.1 Å². The summed E-state index contributed by atoms with van der Waals surface area (Å²) >= 11 is 0. The highest BCUT2D eigenvalue weighted by molar-refractivity contribution is 7.89. The van der Waals surface area contributed by atoms with E-state index in [-0.39, 0.29) is 17.5 Å². The zero-order valence-electron chi connectivity index (χ0n) is 12.5. The van der Waals surface area contributed by atoms with Gasteiger partial charge in [-0.2, -0.15) is 0 Å². The largest absolute Gasteiger partial charge is 0.495 e. The third kappa shape index (κ3) is 4.47. The van der Waals surface area contributed by atoms with Crippen molar-refractivity contribution in [3.63, 3.8) is 0 Å². The molecule has 0 aliphatic heterocycles. The van der Waals surface area contributed by atoms with Crippen LogP contribution in [0.3, 0.4) is 0 Å². The van der Waals surface area contributed by atoms with E-state index in [9.17, 15) is 8.42 Å². The third-order valence-corrected chi connectivity index (χ3v) is 4.51.